The lowest BCUT2D eigenvalue weighted by atomic mass is 10.2. The zero-order valence-electron chi connectivity index (χ0n) is 17.7. The van der Waals surface area contributed by atoms with Gasteiger partial charge in [-0.1, -0.05) is 36.0 Å². The number of benzene rings is 3. The molecular formula is C22H16N4O6S3. The molecule has 1 amide bonds. The Morgan fingerprint density at radius 1 is 1.14 bits per heavy atom. The van der Waals surface area contributed by atoms with E-state index in [1.54, 1.807) is 12.1 Å². The van der Waals surface area contributed by atoms with Gasteiger partial charge in [0.05, 0.1) is 27.1 Å². The highest BCUT2D eigenvalue weighted by Gasteiger charge is 2.18. The van der Waals surface area contributed by atoms with E-state index in [2.05, 4.69) is 15.5 Å². The Labute approximate surface area is 207 Å². The van der Waals surface area contributed by atoms with E-state index in [1.807, 2.05) is 24.3 Å². The molecule has 0 unspecified atom stereocenters. The molecule has 0 saturated carbocycles. The number of carbonyl (C=O) groups excluding carboxylic acids is 1. The number of aromatic nitrogens is 1. The number of para-hydroxylation sites is 1. The second-order valence-corrected chi connectivity index (χ2v) is 10.7. The van der Waals surface area contributed by atoms with Gasteiger partial charge in [0.2, 0.25) is 0 Å². The van der Waals surface area contributed by atoms with Crippen molar-refractivity contribution in [2.45, 2.75) is 9.24 Å². The first-order valence-corrected chi connectivity index (χ1v) is 13.1. The average molecular weight is 529 g/mol. The van der Waals surface area contributed by atoms with Crippen LogP contribution in [0.2, 0.25) is 0 Å². The largest absolute Gasteiger partial charge is 0.379 e. The minimum Gasteiger partial charge on any atom is -0.379 e. The molecule has 1 N–H and O–H groups in total. The second-order valence-electron chi connectivity index (χ2n) is 6.89. The van der Waals surface area contributed by atoms with Crippen LogP contribution in [0.1, 0.15) is 5.56 Å². The quantitative estimate of drug-likeness (QED) is 0.112. The number of rotatable bonds is 9. The van der Waals surface area contributed by atoms with Crippen molar-refractivity contribution in [3.05, 3.63) is 88.5 Å². The van der Waals surface area contributed by atoms with Gasteiger partial charge >= 0.3 is 10.1 Å². The molecule has 0 aliphatic rings. The number of thiazole rings is 1. The molecule has 0 radical (unpaired) electrons. The van der Waals surface area contributed by atoms with Crippen molar-refractivity contribution in [1.29, 1.82) is 0 Å². The third kappa shape index (κ3) is 6.41. The second kappa shape index (κ2) is 10.6. The van der Waals surface area contributed by atoms with Gasteiger partial charge in [-0.3, -0.25) is 14.9 Å². The lowest BCUT2D eigenvalue weighted by Gasteiger charge is -2.07. The highest BCUT2D eigenvalue weighted by atomic mass is 32.2. The summed E-state index contributed by atoms with van der Waals surface area (Å²) in [5.74, 6) is -0.169. The Balaban J connectivity index is 1.32. The Bertz CT molecular complexity index is 1480. The third-order valence-electron chi connectivity index (χ3n) is 4.40. The van der Waals surface area contributed by atoms with Gasteiger partial charge in [0.1, 0.15) is 10.6 Å². The number of non-ortho nitro benzene ring substituents is 1. The number of hydrogen-bond acceptors (Lipinski definition) is 10. The number of nitro groups is 1. The molecule has 178 valence electrons. The van der Waals surface area contributed by atoms with Gasteiger partial charge in [0.15, 0.2) is 4.34 Å². The van der Waals surface area contributed by atoms with Gasteiger partial charge < -0.3 is 4.18 Å². The number of nitro benzene ring substituents is 1. The standard InChI is InChI=1S/C22H16N4O6S3/c27-21(14-33-22-24-19-6-1-2-7-20(19)34-22)25-23-13-15-4-3-5-17(12-15)32-35(30,31)18-10-8-16(9-11-18)26(28)29/h1-13H,14H2,(H,25,27)/b23-13-. The summed E-state index contributed by atoms with van der Waals surface area (Å²) in [4.78, 5) is 26.4. The van der Waals surface area contributed by atoms with E-state index in [0.29, 0.717) is 5.56 Å². The van der Waals surface area contributed by atoms with Gasteiger partial charge in [-0.2, -0.15) is 13.5 Å². The van der Waals surface area contributed by atoms with Crippen molar-refractivity contribution in [3.63, 3.8) is 0 Å². The number of nitrogens with one attached hydrogen (secondary N) is 1. The van der Waals surface area contributed by atoms with Crippen LogP contribution >= 0.6 is 23.1 Å². The van der Waals surface area contributed by atoms with E-state index in [9.17, 15) is 23.3 Å². The molecule has 13 heteroatoms. The zero-order valence-corrected chi connectivity index (χ0v) is 20.2. The summed E-state index contributed by atoms with van der Waals surface area (Å²) in [6.07, 6.45) is 1.35. The third-order valence-corrected chi connectivity index (χ3v) is 7.84. The summed E-state index contributed by atoms with van der Waals surface area (Å²) in [6.45, 7) is 0. The Kier molecular flexibility index (Phi) is 7.39. The SMILES string of the molecule is O=C(CSc1nc2ccccc2s1)N/N=C\c1cccc(OS(=O)(=O)c2ccc([N+](=O)[O-])cc2)c1. The van der Waals surface area contributed by atoms with Gasteiger partial charge in [-0.15, -0.1) is 11.3 Å². The topological polar surface area (TPSA) is 141 Å². The van der Waals surface area contributed by atoms with Crippen molar-refractivity contribution < 1.29 is 22.3 Å². The molecule has 0 fully saturated rings. The summed E-state index contributed by atoms with van der Waals surface area (Å²) in [5.41, 5.74) is 3.55. The monoisotopic (exact) mass is 528 g/mol. The van der Waals surface area contributed by atoms with Crippen LogP contribution in [0, 0.1) is 10.1 Å². The molecule has 10 nitrogen and oxygen atoms in total. The van der Waals surface area contributed by atoms with Crippen LogP contribution in [0.3, 0.4) is 0 Å². The molecule has 1 aromatic heterocycles. The van der Waals surface area contributed by atoms with E-state index in [1.165, 1.54) is 41.4 Å². The lowest BCUT2D eigenvalue weighted by Crippen LogP contribution is -2.19. The first-order chi connectivity index (χ1) is 16.8. The van der Waals surface area contributed by atoms with Crippen LogP contribution in [-0.2, 0) is 14.9 Å². The van der Waals surface area contributed by atoms with Crippen LogP contribution in [0.4, 0.5) is 5.69 Å². The molecule has 0 aliphatic heterocycles. The molecule has 35 heavy (non-hydrogen) atoms. The fourth-order valence-corrected chi connectivity index (χ4v) is 5.59. The first-order valence-electron chi connectivity index (χ1n) is 9.89. The Hall–Kier alpha value is -3.81. The van der Waals surface area contributed by atoms with E-state index < -0.39 is 15.0 Å². The van der Waals surface area contributed by atoms with Crippen molar-refractivity contribution in [2.24, 2.45) is 5.10 Å². The summed E-state index contributed by atoms with van der Waals surface area (Å²) in [7, 11) is -4.19. The van der Waals surface area contributed by atoms with Crippen molar-refractivity contribution in [1.82, 2.24) is 10.4 Å². The molecule has 1 heterocycles. The van der Waals surface area contributed by atoms with E-state index in [4.69, 9.17) is 4.18 Å². The zero-order chi connectivity index (χ0) is 24.8. The first kappa shape index (κ1) is 24.3. The van der Waals surface area contributed by atoms with Gasteiger partial charge in [0.25, 0.3) is 11.6 Å². The minimum absolute atomic E-state index is 0.0185. The summed E-state index contributed by atoms with van der Waals surface area (Å²) < 4.78 is 31.9. The normalized spacial score (nSPS) is 11.5. The number of nitrogens with zero attached hydrogens (tertiary/aromatic N) is 3. The highest BCUT2D eigenvalue weighted by Crippen LogP contribution is 2.29. The number of amides is 1. The molecule has 0 spiro atoms. The number of hydrogen-bond donors (Lipinski definition) is 1. The number of hydrazone groups is 1. The predicted octanol–water partition coefficient (Wildman–Crippen LogP) is 4.21. The fraction of sp³-hybridized carbons (Fsp3) is 0.0455. The summed E-state index contributed by atoms with van der Waals surface area (Å²) in [5, 5.41) is 14.6. The van der Waals surface area contributed by atoms with Crippen molar-refractivity contribution >= 4 is 61.2 Å². The number of fused-ring (bicyclic) bond motifs is 1. The summed E-state index contributed by atoms with van der Waals surface area (Å²) in [6, 6.07) is 18.2. The van der Waals surface area contributed by atoms with E-state index in [-0.39, 0.29) is 28.0 Å². The lowest BCUT2D eigenvalue weighted by molar-refractivity contribution is -0.384. The molecule has 0 saturated heterocycles. The molecule has 3 aromatic carbocycles. The van der Waals surface area contributed by atoms with Crippen LogP contribution in [-0.4, -0.2) is 36.2 Å². The number of carbonyl (C=O) groups is 1. The maximum absolute atomic E-state index is 12.5. The fourth-order valence-electron chi connectivity index (χ4n) is 2.81. The summed E-state index contributed by atoms with van der Waals surface area (Å²) >= 11 is 2.81. The molecule has 0 bridgehead atoms. The van der Waals surface area contributed by atoms with Gasteiger partial charge in [0, 0.05) is 12.1 Å². The van der Waals surface area contributed by atoms with Gasteiger partial charge in [-0.25, -0.2) is 10.4 Å². The van der Waals surface area contributed by atoms with E-state index >= 15 is 0 Å². The van der Waals surface area contributed by atoms with Crippen LogP contribution < -0.4 is 9.61 Å². The molecule has 0 atom stereocenters. The maximum Gasteiger partial charge on any atom is 0.339 e. The Morgan fingerprint density at radius 2 is 1.91 bits per heavy atom. The van der Waals surface area contributed by atoms with E-state index in [0.717, 1.165) is 38.8 Å². The van der Waals surface area contributed by atoms with Crippen LogP contribution in [0.25, 0.3) is 10.2 Å². The maximum atomic E-state index is 12.5. The van der Waals surface area contributed by atoms with Crippen LogP contribution in [0.15, 0.2) is 87.1 Å². The van der Waals surface area contributed by atoms with Crippen LogP contribution in [0.5, 0.6) is 5.75 Å². The van der Waals surface area contributed by atoms with Crippen molar-refractivity contribution in [3.8, 4) is 5.75 Å². The predicted molar refractivity (Wildman–Crippen MR) is 133 cm³/mol. The molecule has 0 aliphatic carbocycles. The number of thioether (sulfide) groups is 1. The average Bonchev–Trinajstić information content (AvgIpc) is 3.26. The molecule has 4 aromatic rings. The minimum atomic E-state index is -4.19. The molecular weight excluding hydrogens is 512 g/mol. The van der Waals surface area contributed by atoms with Crippen molar-refractivity contribution in [2.75, 3.05) is 5.75 Å². The smallest absolute Gasteiger partial charge is 0.339 e. The molecule has 4 rings (SSSR count). The highest BCUT2D eigenvalue weighted by molar-refractivity contribution is 8.01. The Morgan fingerprint density at radius 3 is 2.66 bits per heavy atom. The van der Waals surface area contributed by atoms with Gasteiger partial charge in [-0.05, 0) is 42.0 Å².